The van der Waals surface area contributed by atoms with Gasteiger partial charge in [-0.1, -0.05) is 77.1 Å². The molecule has 0 aliphatic heterocycles. The molecule has 1 unspecified atom stereocenters. The normalized spacial score (nSPS) is 11.6. The number of hydrogen-bond donors (Lipinski definition) is 1. The van der Waals surface area contributed by atoms with Crippen molar-refractivity contribution in [1.29, 1.82) is 5.26 Å². The molecule has 0 saturated heterocycles. The molecule has 4 aromatic rings. The van der Waals surface area contributed by atoms with Crippen LogP contribution in [0.15, 0.2) is 76.3 Å². The van der Waals surface area contributed by atoms with Crippen LogP contribution < -0.4 is 5.32 Å². The van der Waals surface area contributed by atoms with Gasteiger partial charge in [0.1, 0.15) is 16.9 Å². The molecule has 1 amide bonds. The van der Waals surface area contributed by atoms with Gasteiger partial charge in [0.2, 0.25) is 5.91 Å². The van der Waals surface area contributed by atoms with Crippen molar-refractivity contribution in [1.82, 2.24) is 10.1 Å². The fourth-order valence-electron chi connectivity index (χ4n) is 3.31. The fraction of sp³-hybridized carbons (Fsp3) is 0.154. The van der Waals surface area contributed by atoms with E-state index in [1.54, 1.807) is 19.9 Å². The van der Waals surface area contributed by atoms with Crippen LogP contribution in [0.5, 0.6) is 0 Å². The van der Waals surface area contributed by atoms with Gasteiger partial charge in [0.15, 0.2) is 5.82 Å². The molecule has 0 aliphatic rings. The lowest BCUT2D eigenvalue weighted by molar-refractivity contribution is -0.115. The first-order valence-electron chi connectivity index (χ1n) is 10.4. The summed E-state index contributed by atoms with van der Waals surface area (Å²) in [7, 11) is 0. The number of anilines is 1. The highest BCUT2D eigenvalue weighted by Crippen LogP contribution is 2.36. The molecule has 0 spiro atoms. The Labute approximate surface area is 196 Å². The minimum Gasteiger partial charge on any atom is -0.360 e. The lowest BCUT2D eigenvalue weighted by atomic mass is 9.98. The minimum atomic E-state index is -0.515. The minimum absolute atomic E-state index is 0.249. The second-order valence-electron chi connectivity index (χ2n) is 7.65. The van der Waals surface area contributed by atoms with E-state index in [9.17, 15) is 10.1 Å². The summed E-state index contributed by atoms with van der Waals surface area (Å²) in [6.45, 7) is 5.55. The van der Waals surface area contributed by atoms with E-state index in [-0.39, 0.29) is 5.91 Å². The molecular weight excluding hydrogens is 432 g/mol. The topological polar surface area (TPSA) is 91.8 Å². The van der Waals surface area contributed by atoms with Crippen LogP contribution in [-0.2, 0) is 4.79 Å². The van der Waals surface area contributed by atoms with Crippen LogP contribution in [0, 0.1) is 25.2 Å². The molecule has 0 radical (unpaired) electrons. The summed E-state index contributed by atoms with van der Waals surface area (Å²) in [6, 6.07) is 23.7. The Morgan fingerprint density at radius 1 is 1.06 bits per heavy atom. The number of nitriles is 1. The van der Waals surface area contributed by atoms with E-state index >= 15 is 0 Å². The highest BCUT2D eigenvalue weighted by Gasteiger charge is 2.22. The summed E-state index contributed by atoms with van der Waals surface area (Å²) in [5.41, 5.74) is 4.97. The van der Waals surface area contributed by atoms with Crippen molar-refractivity contribution < 1.29 is 9.32 Å². The zero-order valence-corrected chi connectivity index (χ0v) is 19.3. The summed E-state index contributed by atoms with van der Waals surface area (Å²) >= 11 is 1.25. The lowest BCUT2D eigenvalue weighted by Crippen LogP contribution is -2.22. The van der Waals surface area contributed by atoms with Crippen LogP contribution in [0.3, 0.4) is 0 Å². The number of aryl methyl sites for hydroxylation is 2. The van der Waals surface area contributed by atoms with Gasteiger partial charge in [0.25, 0.3) is 0 Å². The molecule has 1 N–H and O–H groups in total. The van der Waals surface area contributed by atoms with E-state index in [1.165, 1.54) is 11.8 Å². The smallest absolute Gasteiger partial charge is 0.238 e. The number of rotatable bonds is 6. The summed E-state index contributed by atoms with van der Waals surface area (Å²) in [4.78, 5) is 17.5. The number of amides is 1. The molecule has 0 fully saturated rings. The van der Waals surface area contributed by atoms with Crippen molar-refractivity contribution in [2.75, 3.05) is 5.32 Å². The maximum Gasteiger partial charge on any atom is 0.238 e. The van der Waals surface area contributed by atoms with Crippen LogP contribution in [-0.4, -0.2) is 21.3 Å². The highest BCUT2D eigenvalue weighted by molar-refractivity contribution is 8.00. The molecule has 0 saturated carbocycles. The van der Waals surface area contributed by atoms with E-state index in [0.717, 1.165) is 27.9 Å². The van der Waals surface area contributed by atoms with Crippen molar-refractivity contribution in [3.8, 4) is 28.5 Å². The molecule has 2 heterocycles. The van der Waals surface area contributed by atoms with E-state index < -0.39 is 5.25 Å². The van der Waals surface area contributed by atoms with Crippen LogP contribution >= 0.6 is 11.8 Å². The van der Waals surface area contributed by atoms with Crippen LogP contribution in [0.25, 0.3) is 22.4 Å². The standard InChI is InChI=1S/C26H22N4O2S/c1-16-9-11-19(12-10-16)21-14-23(20-7-5-4-6-8-20)28-26(22(21)15-27)33-18(3)25(31)29-24-13-17(2)32-30-24/h4-14,18H,1-3H3,(H,29,30,31). The lowest BCUT2D eigenvalue weighted by Gasteiger charge is -2.15. The van der Waals surface area contributed by atoms with Gasteiger partial charge >= 0.3 is 0 Å². The second kappa shape index (κ2) is 9.72. The number of nitrogens with one attached hydrogen (secondary N) is 1. The van der Waals surface area contributed by atoms with Crippen LogP contribution in [0.2, 0.25) is 0 Å². The Hall–Kier alpha value is -3.89. The summed E-state index contributed by atoms with van der Waals surface area (Å²) in [6.07, 6.45) is 0. The van der Waals surface area contributed by atoms with Crippen molar-refractivity contribution in [2.45, 2.75) is 31.0 Å². The number of pyridine rings is 1. The highest BCUT2D eigenvalue weighted by atomic mass is 32.2. The Balaban J connectivity index is 1.74. The van der Waals surface area contributed by atoms with Gasteiger partial charge in [-0.2, -0.15) is 5.26 Å². The largest absolute Gasteiger partial charge is 0.360 e. The summed E-state index contributed by atoms with van der Waals surface area (Å²) in [5, 5.41) is 16.6. The zero-order chi connectivity index (χ0) is 23.4. The molecule has 4 rings (SSSR count). The number of carbonyl (C=O) groups is 1. The van der Waals surface area contributed by atoms with Gasteiger partial charge < -0.3 is 9.84 Å². The average Bonchev–Trinajstić information content (AvgIpc) is 3.24. The zero-order valence-electron chi connectivity index (χ0n) is 18.5. The quantitative estimate of drug-likeness (QED) is 0.359. The van der Waals surface area contributed by atoms with E-state index in [1.807, 2.05) is 67.6 Å². The fourth-order valence-corrected chi connectivity index (χ4v) is 4.23. The number of carbonyl (C=O) groups excluding carboxylic acids is 1. The number of benzene rings is 2. The number of nitrogens with zero attached hydrogens (tertiary/aromatic N) is 3. The maximum absolute atomic E-state index is 12.7. The average molecular weight is 455 g/mol. The number of hydrogen-bond acceptors (Lipinski definition) is 6. The molecule has 6 nitrogen and oxygen atoms in total. The van der Waals surface area contributed by atoms with Crippen molar-refractivity contribution in [3.63, 3.8) is 0 Å². The third-order valence-electron chi connectivity index (χ3n) is 5.07. The molecule has 164 valence electrons. The first-order chi connectivity index (χ1) is 15.9. The Bertz CT molecular complexity index is 1320. The van der Waals surface area contributed by atoms with E-state index in [4.69, 9.17) is 9.51 Å². The Morgan fingerprint density at radius 3 is 2.42 bits per heavy atom. The molecule has 2 aromatic heterocycles. The van der Waals surface area contributed by atoms with Gasteiger partial charge in [-0.3, -0.25) is 4.79 Å². The van der Waals surface area contributed by atoms with E-state index in [0.29, 0.717) is 22.2 Å². The third-order valence-corrected chi connectivity index (χ3v) is 6.15. The molecule has 7 heteroatoms. The molecule has 0 aliphatic carbocycles. The van der Waals surface area contributed by atoms with Crippen LogP contribution in [0.4, 0.5) is 5.82 Å². The summed E-state index contributed by atoms with van der Waals surface area (Å²) in [5.74, 6) is 0.718. The Morgan fingerprint density at radius 2 is 1.79 bits per heavy atom. The van der Waals surface area contributed by atoms with Gasteiger partial charge in [-0.15, -0.1) is 0 Å². The molecule has 0 bridgehead atoms. The summed E-state index contributed by atoms with van der Waals surface area (Å²) < 4.78 is 5.01. The molecule has 1 atom stereocenters. The van der Waals surface area contributed by atoms with E-state index in [2.05, 4.69) is 16.5 Å². The number of thioether (sulfide) groups is 1. The third kappa shape index (κ3) is 5.13. The second-order valence-corrected chi connectivity index (χ2v) is 8.98. The first kappa shape index (κ1) is 22.3. The molecule has 33 heavy (non-hydrogen) atoms. The predicted octanol–water partition coefficient (Wildman–Crippen LogP) is 6.01. The number of aromatic nitrogens is 2. The van der Waals surface area contributed by atoms with Crippen LogP contribution in [0.1, 0.15) is 23.8 Å². The van der Waals surface area contributed by atoms with Gasteiger partial charge in [-0.05, 0) is 32.4 Å². The van der Waals surface area contributed by atoms with Crippen molar-refractivity contribution in [2.24, 2.45) is 0 Å². The SMILES string of the molecule is Cc1ccc(-c2cc(-c3ccccc3)nc(SC(C)C(=O)Nc3cc(C)on3)c2C#N)cc1. The monoisotopic (exact) mass is 454 g/mol. The predicted molar refractivity (Wildman–Crippen MR) is 130 cm³/mol. The van der Waals surface area contributed by atoms with Gasteiger partial charge in [0, 0.05) is 17.2 Å². The molecular formula is C26H22N4O2S. The first-order valence-corrected chi connectivity index (χ1v) is 11.3. The maximum atomic E-state index is 12.7. The van der Waals surface area contributed by atoms with Crippen molar-refractivity contribution >= 4 is 23.5 Å². The molecule has 2 aromatic carbocycles. The van der Waals surface area contributed by atoms with Gasteiger partial charge in [0.05, 0.1) is 16.5 Å². The Kier molecular flexibility index (Phi) is 6.57. The van der Waals surface area contributed by atoms with Crippen molar-refractivity contribution in [3.05, 3.63) is 83.6 Å². The van der Waals surface area contributed by atoms with Gasteiger partial charge in [-0.25, -0.2) is 4.98 Å².